The van der Waals surface area contributed by atoms with Crippen molar-refractivity contribution in [3.63, 3.8) is 0 Å². The second kappa shape index (κ2) is 6.78. The van der Waals surface area contributed by atoms with Gasteiger partial charge in [0.2, 0.25) is 0 Å². The Kier molecular flexibility index (Phi) is 4.57. The van der Waals surface area contributed by atoms with Gasteiger partial charge in [-0.25, -0.2) is 22.8 Å². The molecular weight excluding hydrogens is 409 g/mol. The Morgan fingerprint density at radius 3 is 2.67 bits per heavy atom. The van der Waals surface area contributed by atoms with Gasteiger partial charge < -0.3 is 0 Å². The molecule has 0 unspecified atom stereocenters. The molecule has 0 amide bonds. The number of rotatable bonds is 3. The van der Waals surface area contributed by atoms with Crippen LogP contribution in [0, 0.1) is 5.82 Å². The molecule has 5 nitrogen and oxygen atoms in total. The molecule has 9 heteroatoms. The molecule has 0 fully saturated rings. The van der Waals surface area contributed by atoms with E-state index in [4.69, 9.17) is 11.6 Å². The lowest BCUT2D eigenvalue weighted by atomic mass is 10.1. The summed E-state index contributed by atoms with van der Waals surface area (Å²) in [6.45, 7) is 0. The molecular formula is C18H13ClFN3O2S2. The fourth-order valence-corrected chi connectivity index (χ4v) is 5.03. The molecule has 0 radical (unpaired) electrons. The van der Waals surface area contributed by atoms with E-state index in [1.807, 2.05) is 0 Å². The van der Waals surface area contributed by atoms with E-state index in [1.165, 1.54) is 41.4 Å². The van der Waals surface area contributed by atoms with Crippen LogP contribution in [0.4, 0.5) is 10.1 Å². The first-order valence-corrected chi connectivity index (χ1v) is 10.7. The molecule has 3 aromatic rings. The molecule has 0 aliphatic carbocycles. The third kappa shape index (κ3) is 3.28. The Bertz CT molecular complexity index is 1140. The first-order valence-electron chi connectivity index (χ1n) is 7.89. The molecule has 4 rings (SSSR count). The van der Waals surface area contributed by atoms with Gasteiger partial charge in [0.25, 0.3) is 10.0 Å². The Morgan fingerprint density at radius 1 is 1.19 bits per heavy atom. The van der Waals surface area contributed by atoms with Crippen LogP contribution in [0.1, 0.15) is 5.56 Å². The van der Waals surface area contributed by atoms with E-state index in [0.717, 1.165) is 5.56 Å². The van der Waals surface area contributed by atoms with E-state index >= 15 is 0 Å². The summed E-state index contributed by atoms with van der Waals surface area (Å²) in [6, 6.07) is 11.2. The van der Waals surface area contributed by atoms with Gasteiger partial charge in [0, 0.05) is 23.4 Å². The molecule has 0 saturated heterocycles. The second-order valence-electron chi connectivity index (χ2n) is 5.91. The zero-order valence-corrected chi connectivity index (χ0v) is 16.4. The monoisotopic (exact) mass is 421 g/mol. The average Bonchev–Trinajstić information content (AvgIpc) is 2.66. The maximum atomic E-state index is 13.0. The van der Waals surface area contributed by atoms with Gasteiger partial charge in [0.05, 0.1) is 17.6 Å². The molecule has 1 aliphatic rings. The smallest absolute Gasteiger partial charge is 0.267 e. The largest absolute Gasteiger partial charge is 0.269 e. The van der Waals surface area contributed by atoms with Crippen molar-refractivity contribution in [2.45, 2.75) is 15.8 Å². The second-order valence-corrected chi connectivity index (χ2v) is 9.23. The van der Waals surface area contributed by atoms with Gasteiger partial charge in [-0.05, 0) is 35.9 Å². The van der Waals surface area contributed by atoms with Crippen molar-refractivity contribution in [2.75, 3.05) is 11.4 Å². The van der Waals surface area contributed by atoms with Gasteiger partial charge in [-0.2, -0.15) is 0 Å². The summed E-state index contributed by atoms with van der Waals surface area (Å²) in [5.41, 5.74) is 2.40. The first-order chi connectivity index (χ1) is 12.9. The number of benzene rings is 2. The molecule has 0 atom stereocenters. The SMILES string of the molecule is CN1c2ccc(Cl)cc2-c2nc(SCc3ccc(F)cc3)ncc2S1(=O)=O. The lowest BCUT2D eigenvalue weighted by Crippen LogP contribution is -2.31. The van der Waals surface area contributed by atoms with E-state index in [0.29, 0.717) is 32.9 Å². The summed E-state index contributed by atoms with van der Waals surface area (Å²) < 4.78 is 39.7. The number of hydrogen-bond acceptors (Lipinski definition) is 5. The van der Waals surface area contributed by atoms with Crippen LogP contribution in [0.2, 0.25) is 5.02 Å². The molecule has 2 aromatic carbocycles. The number of aromatic nitrogens is 2. The van der Waals surface area contributed by atoms with Crippen LogP contribution < -0.4 is 4.31 Å². The standard InChI is InChI=1S/C18H13ClFN3O2S2/c1-23-15-7-4-12(19)8-14(15)17-16(27(23,24)25)9-21-18(22-17)26-10-11-2-5-13(20)6-3-11/h2-9H,10H2,1H3. The van der Waals surface area contributed by atoms with Crippen LogP contribution in [-0.4, -0.2) is 25.4 Å². The summed E-state index contributed by atoms with van der Waals surface area (Å²) in [5.74, 6) is 0.241. The van der Waals surface area contributed by atoms with Crippen LogP contribution in [0.5, 0.6) is 0 Å². The Balaban J connectivity index is 1.74. The molecule has 0 spiro atoms. The lowest BCUT2D eigenvalue weighted by molar-refractivity contribution is 0.592. The van der Waals surface area contributed by atoms with Crippen LogP contribution in [0.25, 0.3) is 11.3 Å². The predicted molar refractivity (Wildman–Crippen MR) is 104 cm³/mol. The van der Waals surface area contributed by atoms with E-state index in [2.05, 4.69) is 9.97 Å². The zero-order valence-electron chi connectivity index (χ0n) is 14.1. The maximum Gasteiger partial charge on any atom is 0.267 e. The van der Waals surface area contributed by atoms with Crippen LogP contribution in [0.3, 0.4) is 0 Å². The summed E-state index contributed by atoms with van der Waals surface area (Å²) in [6.07, 6.45) is 1.32. The molecule has 1 aromatic heterocycles. The van der Waals surface area contributed by atoms with E-state index in [-0.39, 0.29) is 10.7 Å². The molecule has 138 valence electrons. The van der Waals surface area contributed by atoms with Gasteiger partial charge in [-0.15, -0.1) is 0 Å². The topological polar surface area (TPSA) is 63.2 Å². The minimum Gasteiger partial charge on any atom is -0.269 e. The number of anilines is 1. The minimum atomic E-state index is -3.72. The highest BCUT2D eigenvalue weighted by Crippen LogP contribution is 2.42. The summed E-state index contributed by atoms with van der Waals surface area (Å²) >= 11 is 7.45. The Labute approximate surface area is 165 Å². The third-order valence-electron chi connectivity index (χ3n) is 4.21. The number of fused-ring (bicyclic) bond motifs is 3. The predicted octanol–water partition coefficient (Wildman–Crippen LogP) is 4.37. The highest BCUT2D eigenvalue weighted by atomic mass is 35.5. The molecule has 1 aliphatic heterocycles. The normalized spacial score (nSPS) is 14.6. The number of hydrogen-bond donors (Lipinski definition) is 0. The molecule has 0 N–H and O–H groups in total. The van der Waals surface area contributed by atoms with Gasteiger partial charge in [-0.3, -0.25) is 4.31 Å². The number of thioether (sulfide) groups is 1. The maximum absolute atomic E-state index is 13.0. The van der Waals surface area contributed by atoms with Gasteiger partial charge in [0.1, 0.15) is 10.7 Å². The molecule has 0 bridgehead atoms. The molecule has 27 heavy (non-hydrogen) atoms. The fourth-order valence-electron chi connectivity index (χ4n) is 2.78. The number of nitrogens with zero attached hydrogens (tertiary/aromatic N) is 3. The van der Waals surface area contributed by atoms with Crippen LogP contribution in [0.15, 0.2) is 58.7 Å². The van der Waals surface area contributed by atoms with Crippen LogP contribution in [-0.2, 0) is 15.8 Å². The quantitative estimate of drug-likeness (QED) is 0.464. The van der Waals surface area contributed by atoms with Crippen molar-refractivity contribution in [3.8, 4) is 11.3 Å². The fraction of sp³-hybridized carbons (Fsp3) is 0.111. The first kappa shape index (κ1) is 18.2. The van der Waals surface area contributed by atoms with Crippen LogP contribution >= 0.6 is 23.4 Å². The van der Waals surface area contributed by atoms with E-state index in [1.54, 1.807) is 30.3 Å². The lowest BCUT2D eigenvalue weighted by Gasteiger charge is -2.28. The highest BCUT2D eigenvalue weighted by Gasteiger charge is 2.34. The number of sulfonamides is 1. The van der Waals surface area contributed by atoms with E-state index in [9.17, 15) is 12.8 Å². The van der Waals surface area contributed by atoms with Crippen molar-refractivity contribution in [1.29, 1.82) is 0 Å². The van der Waals surface area contributed by atoms with Crippen molar-refractivity contribution in [3.05, 3.63) is 65.1 Å². The third-order valence-corrected chi connectivity index (χ3v) is 7.15. The molecule has 2 heterocycles. The van der Waals surface area contributed by atoms with Crippen molar-refractivity contribution in [1.82, 2.24) is 9.97 Å². The highest BCUT2D eigenvalue weighted by molar-refractivity contribution is 7.98. The van der Waals surface area contributed by atoms with Crippen molar-refractivity contribution >= 4 is 39.1 Å². The summed E-state index contributed by atoms with van der Waals surface area (Å²) in [4.78, 5) is 8.71. The van der Waals surface area contributed by atoms with Gasteiger partial charge in [-0.1, -0.05) is 35.5 Å². The van der Waals surface area contributed by atoms with Gasteiger partial charge >= 0.3 is 0 Å². The summed E-state index contributed by atoms with van der Waals surface area (Å²) in [7, 11) is -2.23. The molecule has 0 saturated carbocycles. The van der Waals surface area contributed by atoms with Crippen molar-refractivity contribution in [2.24, 2.45) is 0 Å². The summed E-state index contributed by atoms with van der Waals surface area (Å²) in [5, 5.41) is 0.926. The zero-order chi connectivity index (χ0) is 19.2. The number of halogens is 2. The van der Waals surface area contributed by atoms with Crippen molar-refractivity contribution < 1.29 is 12.8 Å². The van der Waals surface area contributed by atoms with Gasteiger partial charge in [0.15, 0.2) is 5.16 Å². The minimum absolute atomic E-state index is 0.0471. The van der Waals surface area contributed by atoms with E-state index < -0.39 is 10.0 Å². The Morgan fingerprint density at radius 2 is 1.93 bits per heavy atom. The Hall–Kier alpha value is -2.16. The average molecular weight is 422 g/mol.